The largest absolute Gasteiger partial charge is 0.508 e. The summed E-state index contributed by atoms with van der Waals surface area (Å²) in [6, 6.07) is 17.5. The third-order valence-electron chi connectivity index (χ3n) is 6.38. The molecule has 5 rings (SSSR count). The maximum atomic E-state index is 13.7. The molecule has 0 unspecified atom stereocenters. The smallest absolute Gasteiger partial charge is 0.290 e. The van der Waals surface area contributed by atoms with Crippen LogP contribution in [0.4, 0.5) is 0 Å². The second kappa shape index (κ2) is 8.37. The molecule has 6 nitrogen and oxygen atoms in total. The van der Waals surface area contributed by atoms with Gasteiger partial charge in [0.1, 0.15) is 17.1 Å². The summed E-state index contributed by atoms with van der Waals surface area (Å²) in [6.07, 6.45) is 0.588. The van der Waals surface area contributed by atoms with Crippen molar-refractivity contribution in [2.45, 2.75) is 26.3 Å². The van der Waals surface area contributed by atoms with Crippen LogP contribution in [0.2, 0.25) is 0 Å². The van der Waals surface area contributed by atoms with E-state index < -0.39 is 6.04 Å². The Morgan fingerprint density at radius 1 is 1.03 bits per heavy atom. The van der Waals surface area contributed by atoms with E-state index in [0.29, 0.717) is 35.1 Å². The van der Waals surface area contributed by atoms with Gasteiger partial charge in [-0.2, -0.15) is 0 Å². The normalized spacial score (nSPS) is 15.1. The molecule has 0 spiro atoms. The van der Waals surface area contributed by atoms with Gasteiger partial charge in [-0.05, 0) is 72.9 Å². The lowest BCUT2D eigenvalue weighted by atomic mass is 9.97. The monoisotopic (exact) mass is 455 g/mol. The Hall–Kier alpha value is -4.06. The first kappa shape index (κ1) is 21.8. The summed E-state index contributed by atoms with van der Waals surface area (Å²) in [6.45, 7) is 4.18. The molecule has 0 saturated heterocycles. The summed E-state index contributed by atoms with van der Waals surface area (Å²) < 4.78 is 11.3. The van der Waals surface area contributed by atoms with E-state index in [1.807, 2.05) is 50.2 Å². The number of carbonyl (C=O) groups is 1. The number of nitrogens with zero attached hydrogens (tertiary/aromatic N) is 1. The van der Waals surface area contributed by atoms with Gasteiger partial charge < -0.3 is 19.2 Å². The fourth-order valence-corrected chi connectivity index (χ4v) is 4.79. The first-order chi connectivity index (χ1) is 16.4. The van der Waals surface area contributed by atoms with Crippen LogP contribution in [0, 0.1) is 13.8 Å². The first-order valence-corrected chi connectivity index (χ1v) is 11.2. The van der Waals surface area contributed by atoms with Crippen LogP contribution in [-0.2, 0) is 6.42 Å². The molecule has 0 aliphatic carbocycles. The van der Waals surface area contributed by atoms with E-state index in [0.717, 1.165) is 22.4 Å². The van der Waals surface area contributed by atoms with Crippen LogP contribution >= 0.6 is 0 Å². The Morgan fingerprint density at radius 3 is 2.50 bits per heavy atom. The number of aryl methyl sites for hydroxylation is 2. The second-order valence-corrected chi connectivity index (χ2v) is 8.73. The summed E-state index contributed by atoms with van der Waals surface area (Å²) in [5, 5.41) is 10.6. The Labute approximate surface area is 197 Å². The lowest BCUT2D eigenvalue weighted by molar-refractivity contribution is 0.0730. The number of methoxy groups -OCH3 is 1. The molecular formula is C28H25NO5. The molecule has 1 N–H and O–H groups in total. The highest BCUT2D eigenvalue weighted by atomic mass is 16.5. The van der Waals surface area contributed by atoms with Crippen molar-refractivity contribution in [1.29, 1.82) is 0 Å². The molecule has 4 aromatic rings. The highest BCUT2D eigenvalue weighted by Gasteiger charge is 2.42. The number of phenolic OH excluding ortho intramolecular Hbond substituents is 1. The molecule has 0 radical (unpaired) electrons. The van der Waals surface area contributed by atoms with Crippen LogP contribution < -0.4 is 10.2 Å². The number of carbonyl (C=O) groups excluding carboxylic acids is 1. The Balaban J connectivity index is 1.63. The molecule has 2 heterocycles. The van der Waals surface area contributed by atoms with Gasteiger partial charge in [-0.25, -0.2) is 0 Å². The molecule has 1 amide bonds. The standard InChI is InChI=1S/C28H25NO5/c1-16-13-17(2)26-22(14-16)25(31)23-24(19-5-4-6-20(30)15-19)29(28(32)27(23)34-26)12-11-18-7-9-21(33-3)10-8-18/h4-10,13-15,24,30H,11-12H2,1-3H3/t24-/m0/s1. The summed E-state index contributed by atoms with van der Waals surface area (Å²) >= 11 is 0. The van der Waals surface area contributed by atoms with Gasteiger partial charge in [0, 0.05) is 6.54 Å². The van der Waals surface area contributed by atoms with Crippen LogP contribution in [-0.4, -0.2) is 29.6 Å². The number of aromatic hydroxyl groups is 1. The van der Waals surface area contributed by atoms with Crippen molar-refractivity contribution >= 4 is 16.9 Å². The SMILES string of the molecule is COc1ccc(CCN2C(=O)c3oc4c(C)cc(C)cc4c(=O)c3[C@@H]2c2cccc(O)c2)cc1. The number of ether oxygens (including phenoxy) is 1. The first-order valence-electron chi connectivity index (χ1n) is 11.2. The number of fused-ring (bicyclic) bond motifs is 2. The quantitative estimate of drug-likeness (QED) is 0.462. The maximum Gasteiger partial charge on any atom is 0.290 e. The van der Waals surface area contributed by atoms with Gasteiger partial charge in [0.25, 0.3) is 5.91 Å². The van der Waals surface area contributed by atoms with E-state index in [2.05, 4.69) is 0 Å². The Morgan fingerprint density at radius 2 is 1.79 bits per heavy atom. The highest BCUT2D eigenvalue weighted by Crippen LogP contribution is 2.39. The molecule has 1 atom stereocenters. The third-order valence-corrected chi connectivity index (χ3v) is 6.38. The number of amides is 1. The van der Waals surface area contributed by atoms with Crippen LogP contribution in [0.15, 0.2) is 69.9 Å². The molecule has 1 aliphatic heterocycles. The minimum absolute atomic E-state index is 0.0744. The topological polar surface area (TPSA) is 80.0 Å². The van der Waals surface area contributed by atoms with Crippen molar-refractivity contribution in [1.82, 2.24) is 4.90 Å². The lowest BCUT2D eigenvalue weighted by Gasteiger charge is -2.25. The van der Waals surface area contributed by atoms with Gasteiger partial charge in [-0.15, -0.1) is 0 Å². The Kier molecular flexibility index (Phi) is 5.36. The minimum atomic E-state index is -0.644. The molecule has 0 saturated carbocycles. The zero-order valence-electron chi connectivity index (χ0n) is 19.3. The predicted octanol–water partition coefficient (Wildman–Crippen LogP) is 4.91. The lowest BCUT2D eigenvalue weighted by Crippen LogP contribution is -2.31. The fraction of sp³-hybridized carbons (Fsp3) is 0.214. The van der Waals surface area contributed by atoms with Crippen LogP contribution in [0.5, 0.6) is 11.5 Å². The van der Waals surface area contributed by atoms with Crippen molar-refractivity contribution in [3.05, 3.63) is 104 Å². The van der Waals surface area contributed by atoms with E-state index in [-0.39, 0.29) is 22.8 Å². The van der Waals surface area contributed by atoms with E-state index in [4.69, 9.17) is 9.15 Å². The van der Waals surface area contributed by atoms with Crippen LogP contribution in [0.3, 0.4) is 0 Å². The predicted molar refractivity (Wildman–Crippen MR) is 130 cm³/mol. The molecule has 6 heteroatoms. The molecule has 0 fully saturated rings. The molecule has 172 valence electrons. The number of hydrogen-bond donors (Lipinski definition) is 1. The average Bonchev–Trinajstić information content (AvgIpc) is 3.10. The van der Waals surface area contributed by atoms with Crippen molar-refractivity contribution < 1.29 is 19.1 Å². The number of benzene rings is 3. The summed E-state index contributed by atoms with van der Waals surface area (Å²) in [7, 11) is 1.62. The van der Waals surface area contributed by atoms with E-state index >= 15 is 0 Å². The summed E-state index contributed by atoms with van der Waals surface area (Å²) in [5.41, 5.74) is 4.02. The summed E-state index contributed by atoms with van der Waals surface area (Å²) in [5.74, 6) is 0.590. The molecule has 34 heavy (non-hydrogen) atoms. The number of phenols is 1. The van der Waals surface area contributed by atoms with Crippen molar-refractivity contribution in [3.8, 4) is 11.5 Å². The zero-order chi connectivity index (χ0) is 24.0. The molecule has 1 aromatic heterocycles. The number of rotatable bonds is 5. The Bertz CT molecular complexity index is 1470. The van der Waals surface area contributed by atoms with E-state index in [1.54, 1.807) is 36.3 Å². The number of hydrogen-bond acceptors (Lipinski definition) is 5. The second-order valence-electron chi connectivity index (χ2n) is 8.73. The molecule has 3 aromatic carbocycles. The van der Waals surface area contributed by atoms with Crippen LogP contribution in [0.1, 0.15) is 44.4 Å². The van der Waals surface area contributed by atoms with Gasteiger partial charge in [0.15, 0.2) is 5.43 Å². The minimum Gasteiger partial charge on any atom is -0.508 e. The van der Waals surface area contributed by atoms with Crippen molar-refractivity contribution in [3.63, 3.8) is 0 Å². The average molecular weight is 456 g/mol. The van der Waals surface area contributed by atoms with Gasteiger partial charge in [0.2, 0.25) is 5.76 Å². The highest BCUT2D eigenvalue weighted by molar-refractivity contribution is 5.99. The fourth-order valence-electron chi connectivity index (χ4n) is 4.79. The molecule has 1 aliphatic rings. The van der Waals surface area contributed by atoms with Gasteiger partial charge in [-0.3, -0.25) is 9.59 Å². The zero-order valence-corrected chi connectivity index (χ0v) is 19.3. The van der Waals surface area contributed by atoms with Gasteiger partial charge in [-0.1, -0.05) is 30.3 Å². The van der Waals surface area contributed by atoms with Crippen LogP contribution in [0.25, 0.3) is 11.0 Å². The third kappa shape index (κ3) is 3.61. The van der Waals surface area contributed by atoms with E-state index in [9.17, 15) is 14.7 Å². The maximum absolute atomic E-state index is 13.7. The van der Waals surface area contributed by atoms with Gasteiger partial charge >= 0.3 is 0 Å². The van der Waals surface area contributed by atoms with E-state index in [1.165, 1.54) is 0 Å². The van der Waals surface area contributed by atoms with Crippen molar-refractivity contribution in [2.24, 2.45) is 0 Å². The molecular weight excluding hydrogens is 430 g/mol. The van der Waals surface area contributed by atoms with Gasteiger partial charge in [0.05, 0.1) is 24.1 Å². The van der Waals surface area contributed by atoms with Crippen molar-refractivity contribution in [2.75, 3.05) is 13.7 Å². The molecule has 0 bridgehead atoms. The summed E-state index contributed by atoms with van der Waals surface area (Å²) in [4.78, 5) is 28.9.